The molecule has 0 saturated carbocycles. The lowest BCUT2D eigenvalue weighted by atomic mass is 9.98. The number of fused-ring (bicyclic) bond motifs is 1. The third kappa shape index (κ3) is 2.58. The Kier molecular flexibility index (Phi) is 3.80. The summed E-state index contributed by atoms with van der Waals surface area (Å²) in [6.45, 7) is 4.13. The number of imidazole rings is 1. The predicted molar refractivity (Wildman–Crippen MR) is 89.8 cm³/mol. The number of benzene rings is 1. The Balaban J connectivity index is 1.56. The molecule has 1 aliphatic heterocycles. The van der Waals surface area contributed by atoms with Gasteiger partial charge in [0.1, 0.15) is 5.52 Å². The van der Waals surface area contributed by atoms with Gasteiger partial charge < -0.3 is 13.9 Å². The van der Waals surface area contributed by atoms with Gasteiger partial charge in [-0.05, 0) is 31.9 Å². The number of para-hydroxylation sites is 2. The van der Waals surface area contributed by atoms with Gasteiger partial charge in [-0.25, -0.2) is 9.97 Å². The molecule has 0 aliphatic carbocycles. The number of oxazole rings is 1. The van der Waals surface area contributed by atoms with Crippen LogP contribution in [0, 0.1) is 0 Å². The highest BCUT2D eigenvalue weighted by Crippen LogP contribution is 2.29. The summed E-state index contributed by atoms with van der Waals surface area (Å²) in [6.07, 6.45) is 5.45. The monoisotopic (exact) mass is 324 g/mol. The van der Waals surface area contributed by atoms with Crippen LogP contribution in [0.15, 0.2) is 41.1 Å². The van der Waals surface area contributed by atoms with Crippen molar-refractivity contribution < 1.29 is 9.21 Å². The van der Waals surface area contributed by atoms with Gasteiger partial charge in [0.2, 0.25) is 0 Å². The molecule has 4 rings (SSSR count). The zero-order valence-electron chi connectivity index (χ0n) is 13.7. The summed E-state index contributed by atoms with van der Waals surface area (Å²) in [5.41, 5.74) is 1.68. The molecular weight excluding hydrogens is 304 g/mol. The molecule has 3 heterocycles. The van der Waals surface area contributed by atoms with Crippen LogP contribution in [0.2, 0.25) is 0 Å². The molecule has 1 fully saturated rings. The molecule has 1 aromatic carbocycles. The fourth-order valence-corrected chi connectivity index (χ4v) is 3.33. The average molecular weight is 324 g/mol. The van der Waals surface area contributed by atoms with Crippen molar-refractivity contribution in [3.05, 3.63) is 48.4 Å². The molecule has 1 saturated heterocycles. The molecule has 1 amide bonds. The minimum absolute atomic E-state index is 0.0114. The number of amides is 1. The molecule has 1 atom stereocenters. The van der Waals surface area contributed by atoms with Gasteiger partial charge in [-0.2, -0.15) is 0 Å². The number of hydrogen-bond acceptors (Lipinski definition) is 4. The predicted octanol–water partition coefficient (Wildman–Crippen LogP) is 3.06. The van der Waals surface area contributed by atoms with E-state index >= 15 is 0 Å². The van der Waals surface area contributed by atoms with E-state index in [4.69, 9.17) is 4.42 Å². The van der Waals surface area contributed by atoms with Crippen molar-refractivity contribution in [3.63, 3.8) is 0 Å². The van der Waals surface area contributed by atoms with Gasteiger partial charge >= 0.3 is 0 Å². The van der Waals surface area contributed by atoms with E-state index in [-0.39, 0.29) is 11.8 Å². The number of piperidine rings is 1. The summed E-state index contributed by atoms with van der Waals surface area (Å²) in [4.78, 5) is 23.5. The fraction of sp³-hybridized carbons (Fsp3) is 0.389. The second-order valence-corrected chi connectivity index (χ2v) is 6.15. The van der Waals surface area contributed by atoms with Crippen molar-refractivity contribution in [1.82, 2.24) is 19.4 Å². The topological polar surface area (TPSA) is 64.2 Å². The molecule has 3 aromatic rings. The highest BCUT2D eigenvalue weighted by Gasteiger charge is 2.30. The van der Waals surface area contributed by atoms with Crippen LogP contribution in [0.1, 0.15) is 42.2 Å². The van der Waals surface area contributed by atoms with Gasteiger partial charge in [-0.3, -0.25) is 4.79 Å². The van der Waals surface area contributed by atoms with E-state index in [9.17, 15) is 4.79 Å². The number of hydrogen-bond donors (Lipinski definition) is 0. The number of likely N-dealkylation sites (tertiary alicyclic amines) is 1. The standard InChI is InChI=1S/C18H20N4O2/c1-2-21-11-9-19-16(21)18(23)22-10-5-6-13(12-22)17-20-14-7-3-4-8-15(14)24-17/h3-4,7-9,11,13H,2,5-6,10,12H2,1H3. The molecule has 124 valence electrons. The fourth-order valence-electron chi connectivity index (χ4n) is 3.33. The lowest BCUT2D eigenvalue weighted by molar-refractivity contribution is 0.0681. The highest BCUT2D eigenvalue weighted by atomic mass is 16.3. The van der Waals surface area contributed by atoms with Gasteiger partial charge in [0.25, 0.3) is 5.91 Å². The van der Waals surface area contributed by atoms with E-state index in [1.54, 1.807) is 6.20 Å². The van der Waals surface area contributed by atoms with Crippen LogP contribution in [0.25, 0.3) is 11.1 Å². The first kappa shape index (κ1) is 14.9. The van der Waals surface area contributed by atoms with Gasteiger partial charge in [0.05, 0.1) is 5.92 Å². The van der Waals surface area contributed by atoms with E-state index < -0.39 is 0 Å². The Morgan fingerprint density at radius 3 is 3.08 bits per heavy atom. The molecule has 0 spiro atoms. The summed E-state index contributed by atoms with van der Waals surface area (Å²) in [7, 11) is 0. The second-order valence-electron chi connectivity index (χ2n) is 6.15. The van der Waals surface area contributed by atoms with Gasteiger partial charge in [-0.1, -0.05) is 12.1 Å². The van der Waals surface area contributed by atoms with E-state index in [1.165, 1.54) is 0 Å². The molecule has 0 N–H and O–H groups in total. The SMILES string of the molecule is CCn1ccnc1C(=O)N1CCCC(c2nc3ccccc3o2)C1. The van der Waals surface area contributed by atoms with Gasteiger partial charge in [-0.15, -0.1) is 0 Å². The van der Waals surface area contributed by atoms with Crippen molar-refractivity contribution in [2.24, 2.45) is 0 Å². The van der Waals surface area contributed by atoms with Crippen molar-refractivity contribution in [3.8, 4) is 0 Å². The van der Waals surface area contributed by atoms with Gasteiger partial charge in [0, 0.05) is 32.0 Å². The summed E-state index contributed by atoms with van der Waals surface area (Å²) >= 11 is 0. The second kappa shape index (κ2) is 6.11. The van der Waals surface area contributed by atoms with E-state index in [1.807, 2.05) is 46.9 Å². The van der Waals surface area contributed by atoms with Crippen LogP contribution in [-0.4, -0.2) is 38.4 Å². The smallest absolute Gasteiger partial charge is 0.289 e. The molecule has 2 aromatic heterocycles. The van der Waals surface area contributed by atoms with Crippen LogP contribution < -0.4 is 0 Å². The van der Waals surface area contributed by atoms with Crippen molar-refractivity contribution in [1.29, 1.82) is 0 Å². The van der Waals surface area contributed by atoms with Crippen LogP contribution in [0.5, 0.6) is 0 Å². The van der Waals surface area contributed by atoms with Crippen molar-refractivity contribution in [2.75, 3.05) is 13.1 Å². The van der Waals surface area contributed by atoms with E-state index in [2.05, 4.69) is 9.97 Å². The quantitative estimate of drug-likeness (QED) is 0.743. The molecule has 0 bridgehead atoms. The molecule has 0 radical (unpaired) electrons. The first-order chi connectivity index (χ1) is 11.8. The van der Waals surface area contributed by atoms with Crippen LogP contribution in [0.3, 0.4) is 0 Å². The molecule has 1 aliphatic rings. The Labute approximate surface area is 140 Å². The number of aromatic nitrogens is 3. The Morgan fingerprint density at radius 2 is 2.25 bits per heavy atom. The molecule has 6 nitrogen and oxygen atoms in total. The Hall–Kier alpha value is -2.63. The number of aryl methyl sites for hydroxylation is 1. The number of rotatable bonds is 3. The Morgan fingerprint density at radius 1 is 1.38 bits per heavy atom. The van der Waals surface area contributed by atoms with E-state index in [0.29, 0.717) is 12.4 Å². The van der Waals surface area contributed by atoms with E-state index in [0.717, 1.165) is 42.9 Å². The molecule has 24 heavy (non-hydrogen) atoms. The lowest BCUT2D eigenvalue weighted by Crippen LogP contribution is -2.40. The first-order valence-electron chi connectivity index (χ1n) is 8.42. The molecule has 6 heteroatoms. The first-order valence-corrected chi connectivity index (χ1v) is 8.42. The minimum atomic E-state index is -0.0114. The average Bonchev–Trinajstić information content (AvgIpc) is 3.27. The highest BCUT2D eigenvalue weighted by molar-refractivity contribution is 5.91. The summed E-state index contributed by atoms with van der Waals surface area (Å²) in [6, 6.07) is 7.77. The largest absolute Gasteiger partial charge is 0.440 e. The molecular formula is C18H20N4O2. The number of nitrogens with zero attached hydrogens (tertiary/aromatic N) is 4. The van der Waals surface area contributed by atoms with Gasteiger partial charge in [0.15, 0.2) is 17.3 Å². The summed E-state index contributed by atoms with van der Waals surface area (Å²) in [5.74, 6) is 1.37. The maximum absolute atomic E-state index is 12.8. The number of carbonyl (C=O) groups is 1. The molecule has 1 unspecified atom stereocenters. The zero-order chi connectivity index (χ0) is 16.5. The van der Waals surface area contributed by atoms with Crippen molar-refractivity contribution in [2.45, 2.75) is 32.2 Å². The summed E-state index contributed by atoms with van der Waals surface area (Å²) < 4.78 is 7.78. The zero-order valence-corrected chi connectivity index (χ0v) is 13.7. The normalized spacial score (nSPS) is 18.2. The van der Waals surface area contributed by atoms with Crippen molar-refractivity contribution >= 4 is 17.0 Å². The third-order valence-corrected chi connectivity index (χ3v) is 4.62. The van der Waals surface area contributed by atoms with Crippen LogP contribution in [0.4, 0.5) is 0 Å². The maximum Gasteiger partial charge on any atom is 0.289 e. The summed E-state index contributed by atoms with van der Waals surface area (Å²) in [5, 5.41) is 0. The minimum Gasteiger partial charge on any atom is -0.440 e. The number of carbonyl (C=O) groups excluding carboxylic acids is 1. The maximum atomic E-state index is 12.8. The van der Waals surface area contributed by atoms with Crippen LogP contribution >= 0.6 is 0 Å². The van der Waals surface area contributed by atoms with Crippen LogP contribution in [-0.2, 0) is 6.54 Å². The Bertz CT molecular complexity index is 834. The lowest BCUT2D eigenvalue weighted by Gasteiger charge is -2.31. The third-order valence-electron chi connectivity index (χ3n) is 4.62.